The third-order valence-corrected chi connectivity index (χ3v) is 4.39. The lowest BCUT2D eigenvalue weighted by Crippen LogP contribution is -2.48. The minimum atomic E-state index is -0.533. The number of carbonyl (C=O) groups excluding carboxylic acids is 2. The largest absolute Gasteiger partial charge is 0.444 e. The van der Waals surface area contributed by atoms with Crippen molar-refractivity contribution in [2.24, 2.45) is 0 Å². The van der Waals surface area contributed by atoms with Gasteiger partial charge < -0.3 is 19.7 Å². The van der Waals surface area contributed by atoms with E-state index in [-0.39, 0.29) is 18.6 Å². The molecule has 1 fully saturated rings. The fourth-order valence-electron chi connectivity index (χ4n) is 3.25. The summed E-state index contributed by atoms with van der Waals surface area (Å²) in [5.41, 5.74) is 0.743. The van der Waals surface area contributed by atoms with Crippen molar-refractivity contribution >= 4 is 17.7 Å². The maximum Gasteiger partial charge on any atom is 0.410 e. The zero-order valence-corrected chi connectivity index (χ0v) is 14.4. The van der Waals surface area contributed by atoms with Gasteiger partial charge in [-0.3, -0.25) is 4.79 Å². The summed E-state index contributed by atoms with van der Waals surface area (Å²) < 4.78 is 11.5. The predicted molar refractivity (Wildman–Crippen MR) is 89.7 cm³/mol. The van der Waals surface area contributed by atoms with Crippen LogP contribution in [0.15, 0.2) is 24.3 Å². The van der Waals surface area contributed by atoms with E-state index >= 15 is 0 Å². The second-order valence-corrected chi connectivity index (χ2v) is 7.34. The molecule has 6 heteroatoms. The first-order valence-electron chi connectivity index (χ1n) is 8.30. The Morgan fingerprint density at radius 1 is 1.25 bits per heavy atom. The minimum Gasteiger partial charge on any atom is -0.444 e. The SMILES string of the molecule is CC(C)(C)OC(=O)N1CCC2(CC1)OCC(=O)Nc1ccccc12. The summed E-state index contributed by atoms with van der Waals surface area (Å²) >= 11 is 0. The van der Waals surface area contributed by atoms with Crippen molar-refractivity contribution < 1.29 is 19.1 Å². The number of likely N-dealkylation sites (tertiary alicyclic amines) is 1. The molecule has 0 radical (unpaired) electrons. The maximum atomic E-state index is 12.2. The number of fused-ring (bicyclic) bond motifs is 2. The second-order valence-electron chi connectivity index (χ2n) is 7.34. The molecule has 0 bridgehead atoms. The molecule has 0 aromatic heterocycles. The number of hydrogen-bond acceptors (Lipinski definition) is 4. The molecule has 24 heavy (non-hydrogen) atoms. The molecule has 2 amide bonds. The van der Waals surface area contributed by atoms with E-state index in [4.69, 9.17) is 9.47 Å². The molecule has 0 atom stereocenters. The lowest BCUT2D eigenvalue weighted by molar-refractivity contribution is -0.133. The van der Waals surface area contributed by atoms with Crippen LogP contribution in [0.25, 0.3) is 0 Å². The van der Waals surface area contributed by atoms with E-state index in [1.165, 1.54) is 0 Å². The van der Waals surface area contributed by atoms with Crippen LogP contribution in [0.5, 0.6) is 0 Å². The summed E-state index contributed by atoms with van der Waals surface area (Å²) in [6, 6.07) is 7.73. The molecule has 2 heterocycles. The minimum absolute atomic E-state index is 0.0289. The number of anilines is 1. The summed E-state index contributed by atoms with van der Waals surface area (Å²) in [7, 11) is 0. The molecule has 0 saturated carbocycles. The molecule has 1 aromatic rings. The van der Waals surface area contributed by atoms with Crippen molar-refractivity contribution in [3.8, 4) is 0 Å². The lowest BCUT2D eigenvalue weighted by Gasteiger charge is -2.41. The van der Waals surface area contributed by atoms with Crippen molar-refractivity contribution in [1.82, 2.24) is 4.90 Å². The summed E-state index contributed by atoms with van der Waals surface area (Å²) in [5, 5.41) is 2.89. The van der Waals surface area contributed by atoms with E-state index in [9.17, 15) is 9.59 Å². The normalized spacial score (nSPS) is 20.1. The molecule has 2 aliphatic heterocycles. The zero-order chi connectivity index (χ0) is 17.4. The number of ether oxygens (including phenoxy) is 2. The predicted octanol–water partition coefficient (Wildman–Crippen LogP) is 2.88. The van der Waals surface area contributed by atoms with Gasteiger partial charge in [0, 0.05) is 24.3 Å². The van der Waals surface area contributed by atoms with Crippen LogP contribution in [0.1, 0.15) is 39.2 Å². The highest BCUT2D eigenvalue weighted by Crippen LogP contribution is 2.41. The molecular weight excluding hydrogens is 308 g/mol. The molecule has 2 aliphatic rings. The van der Waals surface area contributed by atoms with Crippen molar-refractivity contribution in [1.29, 1.82) is 0 Å². The van der Waals surface area contributed by atoms with Gasteiger partial charge in [0.05, 0.1) is 5.60 Å². The molecule has 1 saturated heterocycles. The van der Waals surface area contributed by atoms with Crippen LogP contribution in [0.3, 0.4) is 0 Å². The van der Waals surface area contributed by atoms with Crippen LogP contribution < -0.4 is 5.32 Å². The van der Waals surface area contributed by atoms with Gasteiger partial charge in [-0.05, 0) is 39.7 Å². The Kier molecular flexibility index (Phi) is 4.25. The average Bonchev–Trinajstić information content (AvgIpc) is 2.64. The third kappa shape index (κ3) is 3.38. The fraction of sp³-hybridized carbons (Fsp3) is 0.556. The number of nitrogens with one attached hydrogen (secondary N) is 1. The molecule has 1 N–H and O–H groups in total. The Hall–Kier alpha value is -2.08. The summed E-state index contributed by atoms with van der Waals surface area (Å²) in [6.45, 7) is 6.69. The van der Waals surface area contributed by atoms with Crippen molar-refractivity contribution in [3.05, 3.63) is 29.8 Å². The van der Waals surface area contributed by atoms with Crippen molar-refractivity contribution in [3.63, 3.8) is 0 Å². The Labute approximate surface area is 142 Å². The van der Waals surface area contributed by atoms with E-state index in [0.29, 0.717) is 25.9 Å². The maximum absolute atomic E-state index is 12.2. The number of piperidine rings is 1. The summed E-state index contributed by atoms with van der Waals surface area (Å²) in [5.74, 6) is -0.145. The van der Waals surface area contributed by atoms with E-state index in [1.54, 1.807) is 4.90 Å². The Morgan fingerprint density at radius 2 is 1.92 bits per heavy atom. The van der Waals surface area contributed by atoms with Crippen LogP contribution in [0.2, 0.25) is 0 Å². The molecule has 130 valence electrons. The first-order valence-corrected chi connectivity index (χ1v) is 8.30. The van der Waals surface area contributed by atoms with E-state index in [1.807, 2.05) is 45.0 Å². The number of benzene rings is 1. The quantitative estimate of drug-likeness (QED) is 0.793. The summed E-state index contributed by atoms with van der Waals surface area (Å²) in [6.07, 6.45) is 0.977. The Morgan fingerprint density at radius 3 is 2.58 bits per heavy atom. The van der Waals surface area contributed by atoms with Crippen LogP contribution >= 0.6 is 0 Å². The van der Waals surface area contributed by atoms with Crippen LogP contribution in [0.4, 0.5) is 10.5 Å². The number of para-hydroxylation sites is 1. The summed E-state index contributed by atoms with van der Waals surface area (Å²) in [4.78, 5) is 25.8. The fourth-order valence-corrected chi connectivity index (χ4v) is 3.25. The molecule has 1 spiro atoms. The van der Waals surface area contributed by atoms with Gasteiger partial charge >= 0.3 is 6.09 Å². The number of hydrogen-bond donors (Lipinski definition) is 1. The monoisotopic (exact) mass is 332 g/mol. The van der Waals surface area contributed by atoms with E-state index < -0.39 is 11.2 Å². The molecule has 3 rings (SSSR count). The van der Waals surface area contributed by atoms with E-state index in [2.05, 4.69) is 5.32 Å². The van der Waals surface area contributed by atoms with Gasteiger partial charge in [-0.25, -0.2) is 4.79 Å². The first kappa shape index (κ1) is 16.8. The second kappa shape index (κ2) is 6.09. The van der Waals surface area contributed by atoms with Gasteiger partial charge in [0.15, 0.2) is 0 Å². The molecule has 0 unspecified atom stereocenters. The highest BCUT2D eigenvalue weighted by atomic mass is 16.6. The highest BCUT2D eigenvalue weighted by Gasteiger charge is 2.42. The molecular formula is C18H24N2O4. The van der Waals surface area contributed by atoms with Crippen LogP contribution in [-0.2, 0) is 19.9 Å². The van der Waals surface area contributed by atoms with Gasteiger partial charge in [0.25, 0.3) is 0 Å². The average molecular weight is 332 g/mol. The Bertz CT molecular complexity index is 643. The van der Waals surface area contributed by atoms with Crippen LogP contribution in [-0.4, -0.2) is 42.2 Å². The van der Waals surface area contributed by atoms with Crippen molar-refractivity contribution in [2.45, 2.75) is 44.8 Å². The number of amides is 2. The standard InChI is InChI=1S/C18H24N2O4/c1-17(2,3)24-16(22)20-10-8-18(9-11-20)13-6-4-5-7-14(13)19-15(21)12-23-18/h4-7H,8-12H2,1-3H3,(H,19,21). The van der Waals surface area contributed by atoms with Gasteiger partial charge in [0.2, 0.25) is 5.91 Å². The Balaban J connectivity index is 1.77. The van der Waals surface area contributed by atoms with Gasteiger partial charge in [0.1, 0.15) is 12.2 Å². The molecule has 1 aromatic carbocycles. The number of nitrogens with zero attached hydrogens (tertiary/aromatic N) is 1. The van der Waals surface area contributed by atoms with Gasteiger partial charge in [-0.1, -0.05) is 18.2 Å². The van der Waals surface area contributed by atoms with Gasteiger partial charge in [-0.15, -0.1) is 0 Å². The highest BCUT2D eigenvalue weighted by molar-refractivity contribution is 5.93. The smallest absolute Gasteiger partial charge is 0.410 e. The third-order valence-electron chi connectivity index (χ3n) is 4.39. The first-order chi connectivity index (χ1) is 11.3. The number of carbonyl (C=O) groups is 2. The molecule has 0 aliphatic carbocycles. The van der Waals surface area contributed by atoms with E-state index in [0.717, 1.165) is 11.3 Å². The zero-order valence-electron chi connectivity index (χ0n) is 14.4. The topological polar surface area (TPSA) is 67.9 Å². The van der Waals surface area contributed by atoms with Crippen LogP contribution in [0, 0.1) is 0 Å². The van der Waals surface area contributed by atoms with Gasteiger partial charge in [-0.2, -0.15) is 0 Å². The molecule has 6 nitrogen and oxygen atoms in total. The lowest BCUT2D eigenvalue weighted by atomic mass is 9.83. The van der Waals surface area contributed by atoms with Crippen molar-refractivity contribution in [2.75, 3.05) is 25.0 Å². The number of rotatable bonds is 0.